The van der Waals surface area contributed by atoms with Crippen molar-refractivity contribution in [3.05, 3.63) is 0 Å². The fourth-order valence-electron chi connectivity index (χ4n) is 3.00. The van der Waals surface area contributed by atoms with E-state index in [0.29, 0.717) is 12.5 Å². The molecule has 1 heterocycles. The molecule has 4 nitrogen and oxygen atoms in total. The molecule has 1 rings (SSSR count). The molecule has 0 bridgehead atoms. The molecule has 0 spiro atoms. The number of hydrogen-bond acceptors (Lipinski definition) is 3. The molecule has 1 amide bonds. The molecule has 112 valence electrons. The lowest BCUT2D eigenvalue weighted by atomic mass is 9.73. The summed E-state index contributed by atoms with van der Waals surface area (Å²) in [4.78, 5) is 14.8. The fraction of sp³-hybridized carbons (Fsp3) is 0.933. The second kappa shape index (κ2) is 7.25. The Morgan fingerprint density at radius 2 is 2.21 bits per heavy atom. The predicted molar refractivity (Wildman–Crippen MR) is 78.1 cm³/mol. The van der Waals surface area contributed by atoms with Crippen LogP contribution < -0.4 is 5.32 Å². The molecule has 1 saturated heterocycles. The topological polar surface area (TPSA) is 41.6 Å². The van der Waals surface area contributed by atoms with Crippen LogP contribution in [0.25, 0.3) is 0 Å². The second-order valence-electron chi connectivity index (χ2n) is 6.16. The third-order valence-electron chi connectivity index (χ3n) is 4.41. The molecule has 1 fully saturated rings. The monoisotopic (exact) mass is 270 g/mol. The van der Waals surface area contributed by atoms with Crippen LogP contribution in [0.3, 0.4) is 0 Å². The van der Waals surface area contributed by atoms with Crippen LogP contribution >= 0.6 is 0 Å². The molecule has 4 heteroatoms. The average molecular weight is 270 g/mol. The summed E-state index contributed by atoms with van der Waals surface area (Å²) in [5, 5.41) is 3.41. The van der Waals surface area contributed by atoms with Gasteiger partial charge in [-0.15, -0.1) is 0 Å². The van der Waals surface area contributed by atoms with Crippen molar-refractivity contribution in [3.63, 3.8) is 0 Å². The van der Waals surface area contributed by atoms with Crippen LogP contribution in [0.2, 0.25) is 0 Å². The van der Waals surface area contributed by atoms with Gasteiger partial charge in [0.15, 0.2) is 0 Å². The van der Waals surface area contributed by atoms with Crippen LogP contribution in [-0.2, 0) is 9.53 Å². The van der Waals surface area contributed by atoms with Crippen LogP contribution in [0.5, 0.6) is 0 Å². The average Bonchev–Trinajstić information content (AvgIpc) is 2.40. The number of piperidine rings is 1. The molecule has 0 radical (unpaired) electrons. The highest BCUT2D eigenvalue weighted by Gasteiger charge is 2.40. The molecular formula is C15H30N2O2. The first-order chi connectivity index (χ1) is 8.95. The molecule has 2 atom stereocenters. The fourth-order valence-corrected chi connectivity index (χ4v) is 3.00. The van der Waals surface area contributed by atoms with Crippen LogP contribution in [0.4, 0.5) is 0 Å². The van der Waals surface area contributed by atoms with Crippen molar-refractivity contribution in [1.82, 2.24) is 10.2 Å². The first-order valence-corrected chi connectivity index (χ1v) is 7.45. The van der Waals surface area contributed by atoms with Gasteiger partial charge in [0.2, 0.25) is 5.91 Å². The third kappa shape index (κ3) is 3.93. The van der Waals surface area contributed by atoms with Crippen molar-refractivity contribution in [2.24, 2.45) is 11.3 Å². The van der Waals surface area contributed by atoms with Gasteiger partial charge in [0.05, 0.1) is 12.6 Å². The van der Waals surface area contributed by atoms with Gasteiger partial charge in [0, 0.05) is 19.1 Å². The number of nitrogens with zero attached hydrogens (tertiary/aromatic N) is 1. The highest BCUT2D eigenvalue weighted by molar-refractivity contribution is 5.82. The first kappa shape index (κ1) is 16.4. The van der Waals surface area contributed by atoms with E-state index in [0.717, 1.165) is 26.1 Å². The molecule has 1 N–H and O–H groups in total. The largest absolute Gasteiger partial charge is 0.383 e. The number of rotatable bonds is 6. The molecule has 2 unspecified atom stereocenters. The lowest BCUT2D eigenvalue weighted by Gasteiger charge is -2.41. The van der Waals surface area contributed by atoms with Gasteiger partial charge < -0.3 is 15.0 Å². The van der Waals surface area contributed by atoms with Crippen LogP contribution in [0.1, 0.15) is 40.5 Å². The van der Waals surface area contributed by atoms with Crippen molar-refractivity contribution in [2.45, 2.75) is 46.6 Å². The van der Waals surface area contributed by atoms with Gasteiger partial charge in [0.1, 0.15) is 0 Å². The van der Waals surface area contributed by atoms with Crippen LogP contribution in [0, 0.1) is 11.3 Å². The Labute approximate surface area is 117 Å². The maximum absolute atomic E-state index is 12.9. The van der Waals surface area contributed by atoms with E-state index in [1.165, 1.54) is 6.42 Å². The summed E-state index contributed by atoms with van der Waals surface area (Å²) >= 11 is 0. The van der Waals surface area contributed by atoms with Crippen molar-refractivity contribution in [2.75, 3.05) is 33.4 Å². The smallest absolute Gasteiger partial charge is 0.228 e. The van der Waals surface area contributed by atoms with Gasteiger partial charge >= 0.3 is 0 Å². The molecular weight excluding hydrogens is 240 g/mol. The summed E-state index contributed by atoms with van der Waals surface area (Å²) in [6.07, 6.45) is 2.31. The molecule has 0 aliphatic carbocycles. The van der Waals surface area contributed by atoms with E-state index < -0.39 is 0 Å². The number of likely N-dealkylation sites (N-methyl/N-ethyl adjacent to an activating group) is 1. The Bertz CT molecular complexity index is 286. The summed E-state index contributed by atoms with van der Waals surface area (Å²) in [5.74, 6) is 0.686. The number of hydrogen-bond donors (Lipinski definition) is 1. The quantitative estimate of drug-likeness (QED) is 0.801. The Morgan fingerprint density at radius 1 is 1.53 bits per heavy atom. The van der Waals surface area contributed by atoms with E-state index in [4.69, 9.17) is 4.74 Å². The maximum Gasteiger partial charge on any atom is 0.228 e. The minimum atomic E-state index is -0.300. The Hall–Kier alpha value is -0.610. The van der Waals surface area contributed by atoms with E-state index in [2.05, 4.69) is 26.1 Å². The van der Waals surface area contributed by atoms with Gasteiger partial charge in [0.25, 0.3) is 0 Å². The maximum atomic E-state index is 12.9. The van der Waals surface area contributed by atoms with Gasteiger partial charge in [-0.05, 0) is 45.7 Å². The van der Waals surface area contributed by atoms with Crippen molar-refractivity contribution in [3.8, 4) is 0 Å². The normalized spacial score (nSPS) is 22.1. The summed E-state index contributed by atoms with van der Waals surface area (Å²) < 4.78 is 5.19. The number of carbonyl (C=O) groups is 1. The number of ether oxygens (including phenoxy) is 1. The first-order valence-electron chi connectivity index (χ1n) is 7.45. The number of methoxy groups -OCH3 is 1. The summed E-state index contributed by atoms with van der Waals surface area (Å²) in [7, 11) is 1.69. The zero-order chi connectivity index (χ0) is 14.5. The summed E-state index contributed by atoms with van der Waals surface area (Å²) in [6, 6.07) is 0.137. The third-order valence-corrected chi connectivity index (χ3v) is 4.41. The Balaban J connectivity index is 2.76. The van der Waals surface area contributed by atoms with Gasteiger partial charge in [-0.25, -0.2) is 0 Å². The zero-order valence-electron chi connectivity index (χ0n) is 13.2. The molecule has 1 aliphatic rings. The zero-order valence-corrected chi connectivity index (χ0v) is 13.2. The van der Waals surface area contributed by atoms with E-state index >= 15 is 0 Å². The van der Waals surface area contributed by atoms with Gasteiger partial charge in [-0.3, -0.25) is 4.79 Å². The van der Waals surface area contributed by atoms with E-state index in [1.54, 1.807) is 7.11 Å². The molecule has 0 saturated carbocycles. The standard InChI is InChI=1S/C15H30N2O2/c1-6-17(12(2)11-19-5)14(18)15(3,4)13-8-7-9-16-10-13/h12-13,16H,6-11H2,1-5H3. The molecule has 0 aromatic carbocycles. The highest BCUT2D eigenvalue weighted by atomic mass is 16.5. The van der Waals surface area contributed by atoms with Gasteiger partial charge in [-0.2, -0.15) is 0 Å². The molecule has 19 heavy (non-hydrogen) atoms. The lowest BCUT2D eigenvalue weighted by molar-refractivity contribution is -0.146. The Morgan fingerprint density at radius 3 is 2.68 bits per heavy atom. The predicted octanol–water partition coefficient (Wildman–Crippen LogP) is 1.90. The van der Waals surface area contributed by atoms with Crippen molar-refractivity contribution >= 4 is 5.91 Å². The van der Waals surface area contributed by atoms with E-state index in [-0.39, 0.29) is 17.4 Å². The summed E-state index contributed by atoms with van der Waals surface area (Å²) in [6.45, 7) is 11.7. The number of amides is 1. The minimum absolute atomic E-state index is 0.137. The number of nitrogens with one attached hydrogen (secondary N) is 1. The van der Waals surface area contributed by atoms with Crippen molar-refractivity contribution < 1.29 is 9.53 Å². The van der Waals surface area contributed by atoms with E-state index in [1.807, 2.05) is 11.8 Å². The molecule has 1 aliphatic heterocycles. The summed E-state index contributed by atoms with van der Waals surface area (Å²) in [5.41, 5.74) is -0.300. The highest BCUT2D eigenvalue weighted by Crippen LogP contribution is 2.34. The number of carbonyl (C=O) groups excluding carboxylic acids is 1. The second-order valence-corrected chi connectivity index (χ2v) is 6.16. The van der Waals surface area contributed by atoms with Crippen LogP contribution in [-0.4, -0.2) is 50.2 Å². The molecule has 0 aromatic heterocycles. The van der Waals surface area contributed by atoms with Gasteiger partial charge in [-0.1, -0.05) is 13.8 Å². The van der Waals surface area contributed by atoms with Crippen LogP contribution in [0.15, 0.2) is 0 Å². The SMILES string of the molecule is CCN(C(=O)C(C)(C)C1CCCNC1)C(C)COC. The van der Waals surface area contributed by atoms with Crippen molar-refractivity contribution in [1.29, 1.82) is 0 Å². The van der Waals surface area contributed by atoms with E-state index in [9.17, 15) is 4.79 Å². The minimum Gasteiger partial charge on any atom is -0.383 e. The Kier molecular flexibility index (Phi) is 6.27. The molecule has 0 aromatic rings. The lowest BCUT2D eigenvalue weighted by Crippen LogP contribution is -2.52.